The lowest BCUT2D eigenvalue weighted by molar-refractivity contribution is -0.134. The molecule has 3 fully saturated rings. The van der Waals surface area contributed by atoms with E-state index in [4.69, 9.17) is 0 Å². The van der Waals surface area contributed by atoms with Crippen molar-refractivity contribution in [3.05, 3.63) is 29.6 Å². The van der Waals surface area contributed by atoms with E-state index < -0.39 is 0 Å². The average molecular weight is 412 g/mol. The maximum atomic E-state index is 12.7. The van der Waals surface area contributed by atoms with Gasteiger partial charge in [0.2, 0.25) is 5.91 Å². The molecular formula is C23H33N5O2. The van der Waals surface area contributed by atoms with Gasteiger partial charge in [0.15, 0.2) is 0 Å². The van der Waals surface area contributed by atoms with Gasteiger partial charge in [-0.25, -0.2) is 4.79 Å². The molecule has 0 aromatic carbocycles. The van der Waals surface area contributed by atoms with Crippen molar-refractivity contribution < 1.29 is 9.59 Å². The smallest absolute Gasteiger partial charge is 0.318 e. The molecule has 1 aromatic rings. The predicted octanol–water partition coefficient (Wildman–Crippen LogP) is 2.22. The van der Waals surface area contributed by atoms with Crippen LogP contribution in [0.4, 0.5) is 4.79 Å². The quantitative estimate of drug-likeness (QED) is 0.825. The van der Waals surface area contributed by atoms with Crippen LogP contribution in [0.25, 0.3) is 0 Å². The van der Waals surface area contributed by atoms with Gasteiger partial charge in [-0.05, 0) is 73.7 Å². The number of urea groups is 1. The molecule has 162 valence electrons. The number of piperidine rings is 2. The van der Waals surface area contributed by atoms with Crippen LogP contribution >= 0.6 is 0 Å². The number of aromatic nitrogens is 1. The topological polar surface area (TPSA) is 68.8 Å². The zero-order valence-corrected chi connectivity index (χ0v) is 17.8. The Labute approximate surface area is 178 Å². The standard InChI is InChI=1S/C23H33N5O2/c29-21(17-26-8-2-1-3-9-26)27-10-5-23(6-11-27)12-20(23)14-25-22(30)28-15-18-4-7-24-13-19(18)16-28/h4,7,13,20H,1-3,5-6,8-12,14-17H2,(H,25,30). The van der Waals surface area contributed by atoms with Gasteiger partial charge in [-0.3, -0.25) is 14.7 Å². The van der Waals surface area contributed by atoms with E-state index in [2.05, 4.69) is 20.1 Å². The maximum Gasteiger partial charge on any atom is 0.318 e. The highest BCUT2D eigenvalue weighted by molar-refractivity contribution is 5.78. The van der Waals surface area contributed by atoms with E-state index in [0.29, 0.717) is 36.9 Å². The molecular weight excluding hydrogens is 378 g/mol. The Bertz CT molecular complexity index is 774. The normalized spacial score (nSPS) is 25.3. The van der Waals surface area contributed by atoms with Crippen molar-refractivity contribution in [1.29, 1.82) is 0 Å². The first-order chi connectivity index (χ1) is 14.6. The summed E-state index contributed by atoms with van der Waals surface area (Å²) in [5.41, 5.74) is 2.70. The number of pyridine rings is 1. The van der Waals surface area contributed by atoms with Crippen molar-refractivity contribution in [1.82, 2.24) is 25.0 Å². The molecule has 7 nitrogen and oxygen atoms in total. The number of carbonyl (C=O) groups is 2. The van der Waals surface area contributed by atoms with Gasteiger partial charge in [-0.15, -0.1) is 0 Å². The van der Waals surface area contributed by atoms with Crippen LogP contribution in [-0.2, 0) is 17.9 Å². The number of hydrogen-bond acceptors (Lipinski definition) is 4. The molecule has 4 aliphatic rings. The summed E-state index contributed by atoms with van der Waals surface area (Å²) in [4.78, 5) is 35.6. The molecule has 7 heteroatoms. The number of amides is 3. The molecule has 0 bridgehead atoms. The second kappa shape index (κ2) is 8.17. The Morgan fingerprint density at radius 3 is 2.57 bits per heavy atom. The largest absolute Gasteiger partial charge is 0.342 e. The molecule has 3 aliphatic heterocycles. The molecule has 1 aliphatic carbocycles. The summed E-state index contributed by atoms with van der Waals surface area (Å²) < 4.78 is 0. The highest BCUT2D eigenvalue weighted by Crippen LogP contribution is 2.59. The van der Waals surface area contributed by atoms with Gasteiger partial charge in [0.25, 0.3) is 0 Å². The number of likely N-dealkylation sites (tertiary alicyclic amines) is 2. The molecule has 0 radical (unpaired) electrons. The highest BCUT2D eigenvalue weighted by Gasteiger charge is 2.54. The fraction of sp³-hybridized carbons (Fsp3) is 0.696. The monoisotopic (exact) mass is 411 g/mol. The van der Waals surface area contributed by atoms with Crippen LogP contribution in [0, 0.1) is 11.3 Å². The fourth-order valence-electron chi connectivity index (χ4n) is 5.63. The highest BCUT2D eigenvalue weighted by atomic mass is 16.2. The zero-order chi connectivity index (χ0) is 20.6. The SMILES string of the molecule is O=C(CN1CCCCC1)N1CCC2(CC1)CC2CNC(=O)N1Cc2ccncc2C1. The Balaban J connectivity index is 1.04. The van der Waals surface area contributed by atoms with Crippen molar-refractivity contribution in [3.8, 4) is 0 Å². The summed E-state index contributed by atoms with van der Waals surface area (Å²) in [7, 11) is 0. The second-order valence-electron chi connectivity index (χ2n) is 9.67. The van der Waals surface area contributed by atoms with E-state index in [0.717, 1.165) is 51.1 Å². The Hall–Kier alpha value is -2.15. The average Bonchev–Trinajstić information content (AvgIpc) is 3.25. The van der Waals surface area contributed by atoms with E-state index in [1.807, 2.05) is 17.2 Å². The molecule has 1 N–H and O–H groups in total. The van der Waals surface area contributed by atoms with Gasteiger partial charge in [0.05, 0.1) is 6.54 Å². The summed E-state index contributed by atoms with van der Waals surface area (Å²) >= 11 is 0. The van der Waals surface area contributed by atoms with Gasteiger partial charge >= 0.3 is 6.03 Å². The Morgan fingerprint density at radius 2 is 1.80 bits per heavy atom. The first-order valence-electron chi connectivity index (χ1n) is 11.6. The minimum absolute atomic E-state index is 0.0300. The number of nitrogens with one attached hydrogen (secondary N) is 1. The number of carbonyl (C=O) groups excluding carboxylic acids is 2. The molecule has 1 unspecified atom stereocenters. The molecule has 1 spiro atoms. The summed E-state index contributed by atoms with van der Waals surface area (Å²) in [5.74, 6) is 0.868. The number of rotatable bonds is 4. The van der Waals surface area contributed by atoms with Crippen LogP contribution in [0.5, 0.6) is 0 Å². The van der Waals surface area contributed by atoms with E-state index in [1.54, 1.807) is 6.20 Å². The lowest BCUT2D eigenvalue weighted by Crippen LogP contribution is -2.46. The van der Waals surface area contributed by atoms with Crippen molar-refractivity contribution in [3.63, 3.8) is 0 Å². The van der Waals surface area contributed by atoms with Crippen molar-refractivity contribution in [2.24, 2.45) is 11.3 Å². The summed E-state index contributed by atoms with van der Waals surface area (Å²) in [6, 6.07) is 2.03. The van der Waals surface area contributed by atoms with Gasteiger partial charge in [-0.1, -0.05) is 6.42 Å². The maximum absolute atomic E-state index is 12.7. The number of nitrogens with zero attached hydrogens (tertiary/aromatic N) is 4. The minimum Gasteiger partial charge on any atom is -0.342 e. The molecule has 3 amide bonds. The summed E-state index contributed by atoms with van der Waals surface area (Å²) in [6.07, 6.45) is 10.8. The van der Waals surface area contributed by atoms with E-state index in [1.165, 1.54) is 31.2 Å². The molecule has 2 saturated heterocycles. The molecule has 4 heterocycles. The molecule has 1 atom stereocenters. The van der Waals surface area contributed by atoms with Gasteiger partial charge < -0.3 is 15.1 Å². The van der Waals surface area contributed by atoms with Crippen LogP contribution < -0.4 is 5.32 Å². The van der Waals surface area contributed by atoms with Gasteiger partial charge in [0, 0.05) is 45.1 Å². The zero-order valence-electron chi connectivity index (χ0n) is 17.8. The fourth-order valence-corrected chi connectivity index (χ4v) is 5.63. The lowest BCUT2D eigenvalue weighted by atomic mass is 9.90. The number of fused-ring (bicyclic) bond motifs is 1. The van der Waals surface area contributed by atoms with Crippen molar-refractivity contribution >= 4 is 11.9 Å². The third-order valence-corrected chi connectivity index (χ3v) is 7.79. The molecule has 1 aromatic heterocycles. The third kappa shape index (κ3) is 4.04. The van der Waals surface area contributed by atoms with Crippen LogP contribution in [-0.4, -0.2) is 70.9 Å². The van der Waals surface area contributed by atoms with Crippen molar-refractivity contribution in [2.45, 2.75) is 51.6 Å². The van der Waals surface area contributed by atoms with Crippen LogP contribution in [0.1, 0.15) is 49.7 Å². The van der Waals surface area contributed by atoms with E-state index in [9.17, 15) is 9.59 Å². The van der Waals surface area contributed by atoms with Gasteiger partial charge in [0.1, 0.15) is 0 Å². The van der Waals surface area contributed by atoms with Crippen LogP contribution in [0.2, 0.25) is 0 Å². The molecule has 5 rings (SSSR count). The van der Waals surface area contributed by atoms with Crippen LogP contribution in [0.3, 0.4) is 0 Å². The minimum atomic E-state index is 0.0300. The van der Waals surface area contributed by atoms with E-state index >= 15 is 0 Å². The number of hydrogen-bond donors (Lipinski definition) is 1. The second-order valence-corrected chi connectivity index (χ2v) is 9.67. The first kappa shape index (κ1) is 19.8. The lowest BCUT2D eigenvalue weighted by Gasteiger charge is -2.35. The Kier molecular flexibility index (Phi) is 5.39. The first-order valence-corrected chi connectivity index (χ1v) is 11.6. The summed E-state index contributed by atoms with van der Waals surface area (Å²) in [5, 5.41) is 3.16. The summed E-state index contributed by atoms with van der Waals surface area (Å²) in [6.45, 7) is 6.59. The Morgan fingerprint density at radius 1 is 1.03 bits per heavy atom. The third-order valence-electron chi connectivity index (χ3n) is 7.79. The van der Waals surface area contributed by atoms with Gasteiger partial charge in [-0.2, -0.15) is 0 Å². The van der Waals surface area contributed by atoms with E-state index in [-0.39, 0.29) is 6.03 Å². The van der Waals surface area contributed by atoms with Crippen molar-refractivity contribution in [2.75, 3.05) is 39.3 Å². The van der Waals surface area contributed by atoms with Crippen LogP contribution in [0.15, 0.2) is 18.5 Å². The molecule has 30 heavy (non-hydrogen) atoms. The predicted molar refractivity (Wildman–Crippen MR) is 114 cm³/mol. The molecule has 1 saturated carbocycles.